The van der Waals surface area contributed by atoms with E-state index in [4.69, 9.17) is 4.84 Å². The molecule has 0 spiro atoms. The second-order valence-electron chi connectivity index (χ2n) is 2.30. The van der Waals surface area contributed by atoms with Gasteiger partial charge in [0.2, 0.25) is 0 Å². The maximum Gasteiger partial charge on any atom is 0.0715 e. The normalized spacial score (nSPS) is 12.9. The van der Waals surface area contributed by atoms with Crippen LogP contribution in [0.2, 0.25) is 0 Å². The van der Waals surface area contributed by atoms with Crippen LogP contribution in [0, 0.1) is 0 Å². The number of hydrogen-bond acceptors (Lipinski definition) is 3. The molecule has 60 valence electrons. The van der Waals surface area contributed by atoms with Crippen molar-refractivity contribution in [1.82, 2.24) is 10.5 Å². The molecule has 3 nitrogen and oxygen atoms in total. The molecule has 1 atom stereocenters. The third-order valence-corrected chi connectivity index (χ3v) is 1.43. The highest BCUT2D eigenvalue weighted by atomic mass is 16.6. The van der Waals surface area contributed by atoms with E-state index in [1.165, 1.54) is 0 Å². The van der Waals surface area contributed by atoms with Gasteiger partial charge in [0.15, 0.2) is 0 Å². The van der Waals surface area contributed by atoms with Gasteiger partial charge in [-0.25, -0.2) is 0 Å². The van der Waals surface area contributed by atoms with Crippen LogP contribution in [0.25, 0.3) is 0 Å². The molecule has 1 N–H and O–H groups in total. The zero-order valence-corrected chi connectivity index (χ0v) is 6.74. The number of nitrogens with one attached hydrogen (secondary N) is 1. The summed E-state index contributed by atoms with van der Waals surface area (Å²) in [6.45, 7) is 1.99. The fraction of sp³-hybridized carbons (Fsp3) is 0.375. The summed E-state index contributed by atoms with van der Waals surface area (Å²) < 4.78 is 0. The monoisotopic (exact) mass is 152 g/mol. The number of nitrogens with zero attached hydrogens (tertiary/aromatic N) is 1. The smallest absolute Gasteiger partial charge is 0.0715 e. The molecule has 0 saturated carbocycles. The van der Waals surface area contributed by atoms with Crippen molar-refractivity contribution >= 4 is 0 Å². The van der Waals surface area contributed by atoms with Gasteiger partial charge in [-0.1, -0.05) is 6.07 Å². The van der Waals surface area contributed by atoms with Crippen molar-refractivity contribution in [3.05, 3.63) is 30.1 Å². The van der Waals surface area contributed by atoms with Crippen molar-refractivity contribution in [2.24, 2.45) is 0 Å². The van der Waals surface area contributed by atoms with E-state index in [0.717, 1.165) is 5.69 Å². The molecule has 0 radical (unpaired) electrons. The van der Waals surface area contributed by atoms with Gasteiger partial charge in [0.05, 0.1) is 18.8 Å². The van der Waals surface area contributed by atoms with Crippen LogP contribution in [0.1, 0.15) is 18.7 Å². The van der Waals surface area contributed by atoms with E-state index < -0.39 is 0 Å². The van der Waals surface area contributed by atoms with Gasteiger partial charge in [-0.2, -0.15) is 5.48 Å². The Bertz CT molecular complexity index is 201. The molecule has 1 unspecified atom stereocenters. The summed E-state index contributed by atoms with van der Waals surface area (Å²) in [5.74, 6) is 0. The Balaban J connectivity index is 2.61. The Kier molecular flexibility index (Phi) is 3.01. The highest BCUT2D eigenvalue weighted by Gasteiger charge is 2.02. The number of pyridine rings is 1. The first kappa shape index (κ1) is 8.17. The van der Waals surface area contributed by atoms with Crippen molar-refractivity contribution in [2.75, 3.05) is 7.11 Å². The summed E-state index contributed by atoms with van der Waals surface area (Å²) in [4.78, 5) is 8.92. The average Bonchev–Trinajstić information content (AvgIpc) is 2.07. The Morgan fingerprint density at radius 3 is 2.91 bits per heavy atom. The first-order chi connectivity index (χ1) is 5.34. The van der Waals surface area contributed by atoms with Crippen LogP contribution in [0.15, 0.2) is 24.4 Å². The molecular formula is C8H12N2O. The van der Waals surface area contributed by atoms with Crippen molar-refractivity contribution in [3.8, 4) is 0 Å². The van der Waals surface area contributed by atoms with E-state index in [9.17, 15) is 0 Å². The predicted molar refractivity (Wildman–Crippen MR) is 42.8 cm³/mol. The van der Waals surface area contributed by atoms with Crippen molar-refractivity contribution in [3.63, 3.8) is 0 Å². The molecule has 1 rings (SSSR count). The van der Waals surface area contributed by atoms with Crippen molar-refractivity contribution in [1.29, 1.82) is 0 Å². The first-order valence-electron chi connectivity index (χ1n) is 3.54. The molecule has 1 aromatic heterocycles. The highest BCUT2D eigenvalue weighted by Crippen LogP contribution is 2.06. The highest BCUT2D eigenvalue weighted by molar-refractivity contribution is 5.06. The van der Waals surface area contributed by atoms with Gasteiger partial charge < -0.3 is 4.84 Å². The topological polar surface area (TPSA) is 34.1 Å². The summed E-state index contributed by atoms with van der Waals surface area (Å²) in [6, 6.07) is 5.94. The number of rotatable bonds is 3. The standard InChI is InChI=1S/C8H12N2O/c1-7(10-11-2)8-5-3-4-6-9-8/h3-7,10H,1-2H3. The summed E-state index contributed by atoms with van der Waals surface area (Å²) >= 11 is 0. The lowest BCUT2D eigenvalue weighted by Crippen LogP contribution is -2.17. The quantitative estimate of drug-likeness (QED) is 0.663. The maximum atomic E-state index is 4.77. The Labute approximate surface area is 66.4 Å². The van der Waals surface area contributed by atoms with E-state index in [0.29, 0.717) is 0 Å². The van der Waals surface area contributed by atoms with Gasteiger partial charge in [0, 0.05) is 6.20 Å². The van der Waals surface area contributed by atoms with Crippen molar-refractivity contribution in [2.45, 2.75) is 13.0 Å². The summed E-state index contributed by atoms with van der Waals surface area (Å²) in [7, 11) is 1.60. The maximum absolute atomic E-state index is 4.77. The molecule has 11 heavy (non-hydrogen) atoms. The lowest BCUT2D eigenvalue weighted by molar-refractivity contribution is 0.0647. The summed E-state index contributed by atoms with van der Waals surface area (Å²) in [5.41, 5.74) is 3.78. The molecular weight excluding hydrogens is 140 g/mol. The fourth-order valence-electron chi connectivity index (χ4n) is 0.869. The Morgan fingerprint density at radius 2 is 2.36 bits per heavy atom. The SMILES string of the molecule is CONC(C)c1ccccn1. The molecule has 1 aromatic rings. The zero-order valence-electron chi connectivity index (χ0n) is 6.74. The third kappa shape index (κ3) is 2.29. The largest absolute Gasteiger partial charge is 0.304 e. The minimum Gasteiger partial charge on any atom is -0.304 e. The second kappa shape index (κ2) is 4.05. The fourth-order valence-corrected chi connectivity index (χ4v) is 0.869. The van der Waals surface area contributed by atoms with E-state index >= 15 is 0 Å². The summed E-state index contributed by atoms with van der Waals surface area (Å²) in [5, 5.41) is 0. The molecule has 0 aliphatic rings. The average molecular weight is 152 g/mol. The lowest BCUT2D eigenvalue weighted by Gasteiger charge is -2.09. The van der Waals surface area contributed by atoms with E-state index in [1.54, 1.807) is 13.3 Å². The minimum absolute atomic E-state index is 0.140. The van der Waals surface area contributed by atoms with Gasteiger partial charge in [-0.3, -0.25) is 4.98 Å². The molecule has 1 heterocycles. The summed E-state index contributed by atoms with van der Waals surface area (Å²) in [6.07, 6.45) is 1.77. The van der Waals surface area contributed by atoms with Crippen molar-refractivity contribution < 1.29 is 4.84 Å². The van der Waals surface area contributed by atoms with Crippen LogP contribution in [0.3, 0.4) is 0 Å². The third-order valence-electron chi connectivity index (χ3n) is 1.43. The van der Waals surface area contributed by atoms with Gasteiger partial charge in [-0.15, -0.1) is 0 Å². The number of hydroxylamine groups is 1. The van der Waals surface area contributed by atoms with Gasteiger partial charge in [0.25, 0.3) is 0 Å². The minimum atomic E-state index is 0.140. The van der Waals surface area contributed by atoms with Crippen LogP contribution in [-0.4, -0.2) is 12.1 Å². The Morgan fingerprint density at radius 1 is 1.55 bits per heavy atom. The molecule has 0 aliphatic heterocycles. The van der Waals surface area contributed by atoms with E-state index in [-0.39, 0.29) is 6.04 Å². The van der Waals surface area contributed by atoms with E-state index in [2.05, 4.69) is 10.5 Å². The molecule has 0 aliphatic carbocycles. The van der Waals surface area contributed by atoms with E-state index in [1.807, 2.05) is 25.1 Å². The molecule has 0 bridgehead atoms. The lowest BCUT2D eigenvalue weighted by atomic mass is 10.2. The van der Waals surface area contributed by atoms with Gasteiger partial charge >= 0.3 is 0 Å². The van der Waals surface area contributed by atoms with Crippen LogP contribution in [0.5, 0.6) is 0 Å². The van der Waals surface area contributed by atoms with Crippen LogP contribution in [0.4, 0.5) is 0 Å². The zero-order chi connectivity index (χ0) is 8.10. The first-order valence-corrected chi connectivity index (χ1v) is 3.54. The number of aromatic nitrogens is 1. The predicted octanol–water partition coefficient (Wildman–Crippen LogP) is 1.29. The molecule has 3 heteroatoms. The second-order valence-corrected chi connectivity index (χ2v) is 2.30. The molecule has 0 amide bonds. The molecule has 0 saturated heterocycles. The van der Waals surface area contributed by atoms with Crippen LogP contribution >= 0.6 is 0 Å². The molecule has 0 fully saturated rings. The van der Waals surface area contributed by atoms with Crippen LogP contribution in [-0.2, 0) is 4.84 Å². The van der Waals surface area contributed by atoms with Crippen LogP contribution < -0.4 is 5.48 Å². The van der Waals surface area contributed by atoms with Gasteiger partial charge in [0.1, 0.15) is 0 Å². The molecule has 0 aromatic carbocycles. The Hall–Kier alpha value is -0.930. The van der Waals surface area contributed by atoms with Gasteiger partial charge in [-0.05, 0) is 19.1 Å². The number of hydrogen-bond donors (Lipinski definition) is 1.